The fourth-order valence-electron chi connectivity index (χ4n) is 2.39. The summed E-state index contributed by atoms with van der Waals surface area (Å²) in [5.41, 5.74) is 2.57. The molecule has 0 spiro atoms. The van der Waals surface area contributed by atoms with Crippen LogP contribution in [0.1, 0.15) is 21.5 Å². The van der Waals surface area contributed by atoms with Gasteiger partial charge < -0.3 is 10.6 Å². The van der Waals surface area contributed by atoms with Crippen LogP contribution in [0.5, 0.6) is 0 Å². The van der Waals surface area contributed by atoms with Gasteiger partial charge >= 0.3 is 0 Å². The van der Waals surface area contributed by atoms with Gasteiger partial charge in [-0.15, -0.1) is 0 Å². The third-order valence-electron chi connectivity index (χ3n) is 3.81. The summed E-state index contributed by atoms with van der Waals surface area (Å²) in [5.74, 6) is -0.508. The van der Waals surface area contributed by atoms with Gasteiger partial charge in [-0.05, 0) is 29.8 Å². The standard InChI is InChI=1S/C20H17ClFN3O/c21-17-7-5-14(6-8-17)10-25-20(26)16-9-18(13-23-11-16)24-12-15-3-1-2-4-19(15)22/h1-9,11,13,24H,10,12H2,(H,25,26). The molecule has 0 saturated carbocycles. The number of nitrogens with zero attached hydrogens (tertiary/aromatic N) is 1. The number of nitrogens with one attached hydrogen (secondary N) is 2. The molecule has 0 aliphatic rings. The predicted octanol–water partition coefficient (Wildman–Crippen LogP) is 4.42. The third-order valence-corrected chi connectivity index (χ3v) is 4.06. The molecule has 1 heterocycles. The minimum absolute atomic E-state index is 0.234. The first-order valence-electron chi connectivity index (χ1n) is 8.07. The molecular weight excluding hydrogens is 353 g/mol. The highest BCUT2D eigenvalue weighted by molar-refractivity contribution is 6.30. The summed E-state index contributed by atoms with van der Waals surface area (Å²) in [4.78, 5) is 16.4. The number of amides is 1. The van der Waals surface area contributed by atoms with Gasteiger partial charge in [-0.3, -0.25) is 9.78 Å². The summed E-state index contributed by atoms with van der Waals surface area (Å²) < 4.78 is 13.7. The molecule has 0 atom stereocenters. The average Bonchev–Trinajstić information content (AvgIpc) is 2.67. The van der Waals surface area contributed by atoms with Gasteiger partial charge in [0.25, 0.3) is 5.91 Å². The lowest BCUT2D eigenvalue weighted by Crippen LogP contribution is -2.23. The molecule has 0 fully saturated rings. The molecule has 3 aromatic rings. The number of halogens is 2. The Hall–Kier alpha value is -2.92. The lowest BCUT2D eigenvalue weighted by molar-refractivity contribution is 0.0950. The molecule has 132 valence electrons. The van der Waals surface area contributed by atoms with Gasteiger partial charge in [-0.1, -0.05) is 41.9 Å². The molecule has 1 amide bonds. The van der Waals surface area contributed by atoms with Crippen molar-refractivity contribution in [2.45, 2.75) is 13.1 Å². The van der Waals surface area contributed by atoms with Crippen LogP contribution in [0.25, 0.3) is 0 Å². The van der Waals surface area contributed by atoms with Crippen molar-refractivity contribution in [3.05, 3.63) is 94.5 Å². The second-order valence-corrected chi connectivity index (χ2v) is 6.15. The summed E-state index contributed by atoms with van der Waals surface area (Å²) in [6.07, 6.45) is 3.09. The number of carbonyl (C=O) groups excluding carboxylic acids is 1. The molecule has 3 rings (SSSR count). The van der Waals surface area contributed by atoms with E-state index in [1.54, 1.807) is 42.6 Å². The smallest absolute Gasteiger partial charge is 0.253 e. The Morgan fingerprint density at radius 2 is 1.81 bits per heavy atom. The summed E-state index contributed by atoms with van der Waals surface area (Å²) in [6, 6.07) is 15.5. The normalized spacial score (nSPS) is 10.4. The van der Waals surface area contributed by atoms with Crippen molar-refractivity contribution in [1.29, 1.82) is 0 Å². The van der Waals surface area contributed by atoms with Crippen LogP contribution in [0, 0.1) is 5.82 Å². The first-order chi connectivity index (χ1) is 12.6. The van der Waals surface area contributed by atoms with Gasteiger partial charge in [-0.2, -0.15) is 0 Å². The lowest BCUT2D eigenvalue weighted by Gasteiger charge is -2.09. The summed E-state index contributed by atoms with van der Waals surface area (Å²) in [7, 11) is 0. The maximum Gasteiger partial charge on any atom is 0.253 e. The summed E-state index contributed by atoms with van der Waals surface area (Å²) in [5, 5.41) is 6.57. The Kier molecular flexibility index (Phi) is 5.81. The summed E-state index contributed by atoms with van der Waals surface area (Å²) in [6.45, 7) is 0.701. The highest BCUT2D eigenvalue weighted by atomic mass is 35.5. The predicted molar refractivity (Wildman–Crippen MR) is 101 cm³/mol. The number of carbonyl (C=O) groups is 1. The van der Waals surface area contributed by atoms with Crippen molar-refractivity contribution in [3.63, 3.8) is 0 Å². The van der Waals surface area contributed by atoms with Crippen molar-refractivity contribution < 1.29 is 9.18 Å². The van der Waals surface area contributed by atoms with Gasteiger partial charge in [-0.25, -0.2) is 4.39 Å². The Labute approximate surface area is 156 Å². The van der Waals surface area contributed by atoms with Crippen molar-refractivity contribution in [3.8, 4) is 0 Å². The SMILES string of the molecule is O=C(NCc1ccc(Cl)cc1)c1cncc(NCc2ccccc2F)c1. The van der Waals surface area contributed by atoms with Crippen LogP contribution in [0.15, 0.2) is 67.0 Å². The van der Waals surface area contributed by atoms with Gasteiger partial charge in [0, 0.05) is 36.1 Å². The average molecular weight is 370 g/mol. The van der Waals surface area contributed by atoms with Crippen LogP contribution in [0.2, 0.25) is 5.02 Å². The molecule has 4 nitrogen and oxygen atoms in total. The van der Waals surface area contributed by atoms with Gasteiger partial charge in [0.05, 0.1) is 11.3 Å². The zero-order valence-electron chi connectivity index (χ0n) is 13.9. The van der Waals surface area contributed by atoms with Crippen molar-refractivity contribution >= 4 is 23.2 Å². The number of anilines is 1. The second kappa shape index (κ2) is 8.45. The fourth-order valence-corrected chi connectivity index (χ4v) is 2.51. The maximum absolute atomic E-state index is 13.7. The topological polar surface area (TPSA) is 54.0 Å². The van der Waals surface area contributed by atoms with E-state index >= 15 is 0 Å². The highest BCUT2D eigenvalue weighted by Crippen LogP contribution is 2.13. The minimum atomic E-state index is -0.273. The Morgan fingerprint density at radius 3 is 2.58 bits per heavy atom. The largest absolute Gasteiger partial charge is 0.380 e. The van der Waals surface area contributed by atoms with Crippen LogP contribution < -0.4 is 10.6 Å². The van der Waals surface area contributed by atoms with E-state index in [0.717, 1.165) is 5.56 Å². The number of aromatic nitrogens is 1. The van der Waals surface area contributed by atoms with Crippen LogP contribution in [-0.2, 0) is 13.1 Å². The van der Waals surface area contributed by atoms with E-state index in [9.17, 15) is 9.18 Å². The molecule has 0 aliphatic carbocycles. The molecule has 0 unspecified atom stereocenters. The molecule has 0 radical (unpaired) electrons. The molecular formula is C20H17ClFN3O. The molecule has 2 aromatic carbocycles. The zero-order chi connectivity index (χ0) is 18.4. The molecule has 26 heavy (non-hydrogen) atoms. The molecule has 0 saturated heterocycles. The number of pyridine rings is 1. The van der Waals surface area contributed by atoms with Crippen LogP contribution in [-0.4, -0.2) is 10.9 Å². The number of hydrogen-bond acceptors (Lipinski definition) is 3. The fraction of sp³-hybridized carbons (Fsp3) is 0.100. The molecule has 2 N–H and O–H groups in total. The zero-order valence-corrected chi connectivity index (χ0v) is 14.6. The van der Waals surface area contributed by atoms with Crippen molar-refractivity contribution in [2.75, 3.05) is 5.32 Å². The van der Waals surface area contributed by atoms with E-state index in [1.807, 2.05) is 12.1 Å². The minimum Gasteiger partial charge on any atom is -0.380 e. The Balaban J connectivity index is 1.60. The van der Waals surface area contributed by atoms with E-state index in [1.165, 1.54) is 12.3 Å². The van der Waals surface area contributed by atoms with E-state index < -0.39 is 0 Å². The van der Waals surface area contributed by atoms with Crippen LogP contribution in [0.4, 0.5) is 10.1 Å². The van der Waals surface area contributed by atoms with Gasteiger partial charge in [0.15, 0.2) is 0 Å². The second-order valence-electron chi connectivity index (χ2n) is 5.72. The van der Waals surface area contributed by atoms with Crippen molar-refractivity contribution in [1.82, 2.24) is 10.3 Å². The number of benzene rings is 2. The third kappa shape index (κ3) is 4.80. The maximum atomic E-state index is 13.7. The van der Waals surface area contributed by atoms with Crippen LogP contribution in [0.3, 0.4) is 0 Å². The number of rotatable bonds is 6. The van der Waals surface area contributed by atoms with Gasteiger partial charge in [0.1, 0.15) is 5.82 Å². The van der Waals surface area contributed by atoms with Crippen molar-refractivity contribution in [2.24, 2.45) is 0 Å². The van der Waals surface area contributed by atoms with E-state index in [-0.39, 0.29) is 11.7 Å². The quantitative estimate of drug-likeness (QED) is 0.676. The summed E-state index contributed by atoms with van der Waals surface area (Å²) >= 11 is 5.85. The molecule has 6 heteroatoms. The highest BCUT2D eigenvalue weighted by Gasteiger charge is 2.08. The van der Waals surface area contributed by atoms with Crippen LogP contribution >= 0.6 is 11.6 Å². The van der Waals surface area contributed by atoms with E-state index in [4.69, 9.17) is 11.6 Å². The first-order valence-corrected chi connectivity index (χ1v) is 8.44. The lowest BCUT2D eigenvalue weighted by atomic mass is 10.2. The Bertz CT molecular complexity index is 900. The van der Waals surface area contributed by atoms with Gasteiger partial charge in [0.2, 0.25) is 0 Å². The Morgan fingerprint density at radius 1 is 1.04 bits per heavy atom. The molecule has 0 aliphatic heterocycles. The first kappa shape index (κ1) is 17.9. The number of hydrogen-bond donors (Lipinski definition) is 2. The van der Waals surface area contributed by atoms with E-state index in [0.29, 0.717) is 34.9 Å². The monoisotopic (exact) mass is 369 g/mol. The molecule has 0 bridgehead atoms. The van der Waals surface area contributed by atoms with E-state index in [2.05, 4.69) is 15.6 Å². The molecule has 1 aromatic heterocycles.